The van der Waals surface area contributed by atoms with Gasteiger partial charge < -0.3 is 15.8 Å². The van der Waals surface area contributed by atoms with E-state index in [1.165, 1.54) is 12.1 Å². The Bertz CT molecular complexity index is 383. The molecule has 0 radical (unpaired) electrons. The highest BCUT2D eigenvalue weighted by Crippen LogP contribution is 2.23. The zero-order valence-electron chi connectivity index (χ0n) is 9.14. The molecule has 7 nitrogen and oxygen atoms in total. The summed E-state index contributed by atoms with van der Waals surface area (Å²) in [4.78, 5) is 14.1. The van der Waals surface area contributed by atoms with Crippen molar-refractivity contribution in [1.82, 2.24) is 4.98 Å². The molecule has 0 aliphatic carbocycles. The summed E-state index contributed by atoms with van der Waals surface area (Å²) in [5.74, 6) is 0.396. The van der Waals surface area contributed by atoms with E-state index in [1.807, 2.05) is 6.92 Å². The molecule has 1 atom stereocenters. The third-order valence-electron chi connectivity index (χ3n) is 1.89. The molecule has 0 saturated heterocycles. The van der Waals surface area contributed by atoms with E-state index in [0.717, 1.165) is 0 Å². The molecule has 1 heterocycles. The Morgan fingerprint density at radius 2 is 2.38 bits per heavy atom. The molecule has 0 aromatic carbocycles. The first kappa shape index (κ1) is 12.2. The van der Waals surface area contributed by atoms with Crippen LogP contribution in [0, 0.1) is 10.1 Å². The summed E-state index contributed by atoms with van der Waals surface area (Å²) in [6.07, 6.45) is 0. The fraction of sp³-hybridized carbons (Fsp3) is 0.444. The Labute approximate surface area is 92.8 Å². The molecule has 0 amide bonds. The van der Waals surface area contributed by atoms with Crippen LogP contribution in [-0.2, 0) is 4.74 Å². The van der Waals surface area contributed by atoms with Crippen LogP contribution in [0.1, 0.15) is 6.92 Å². The number of hydrogen-bond donors (Lipinski definition) is 2. The van der Waals surface area contributed by atoms with Crippen molar-refractivity contribution in [2.24, 2.45) is 0 Å². The second-order valence-corrected chi connectivity index (χ2v) is 3.36. The molecule has 0 saturated carbocycles. The van der Waals surface area contributed by atoms with Gasteiger partial charge in [0.25, 0.3) is 0 Å². The van der Waals surface area contributed by atoms with Gasteiger partial charge >= 0.3 is 5.69 Å². The average Bonchev–Trinajstić information content (AvgIpc) is 2.17. The first-order valence-electron chi connectivity index (χ1n) is 4.71. The summed E-state index contributed by atoms with van der Waals surface area (Å²) in [5.41, 5.74) is 5.37. The number of nitrogens with one attached hydrogen (secondary N) is 1. The van der Waals surface area contributed by atoms with Gasteiger partial charge in [0, 0.05) is 19.2 Å². The molecule has 1 aromatic rings. The molecule has 0 spiro atoms. The number of nitrogens with zero attached hydrogens (tertiary/aromatic N) is 2. The van der Waals surface area contributed by atoms with E-state index in [2.05, 4.69) is 10.3 Å². The first-order chi connectivity index (χ1) is 7.54. The normalized spacial score (nSPS) is 12.1. The maximum Gasteiger partial charge on any atom is 0.311 e. The minimum Gasteiger partial charge on any atom is -0.384 e. The standard InChI is InChI=1S/C9H14N4O3/c1-6(5-16-2)11-9-7(13(14)15)3-4-8(10)12-9/h3-4,6H,5H2,1-2H3,(H3,10,11,12). The fourth-order valence-electron chi connectivity index (χ4n) is 1.25. The molecule has 0 aliphatic rings. The van der Waals surface area contributed by atoms with E-state index in [0.29, 0.717) is 6.61 Å². The van der Waals surface area contributed by atoms with Gasteiger partial charge in [-0.2, -0.15) is 0 Å². The molecule has 1 rings (SSSR count). The SMILES string of the molecule is COCC(C)Nc1nc(N)ccc1[N+](=O)[O-]. The average molecular weight is 226 g/mol. The molecule has 7 heteroatoms. The lowest BCUT2D eigenvalue weighted by atomic mass is 10.3. The summed E-state index contributed by atoms with van der Waals surface area (Å²) in [7, 11) is 1.55. The number of rotatable bonds is 5. The van der Waals surface area contributed by atoms with Crippen LogP contribution in [0.4, 0.5) is 17.3 Å². The van der Waals surface area contributed by atoms with Gasteiger partial charge in [-0.05, 0) is 13.0 Å². The lowest BCUT2D eigenvalue weighted by Gasteiger charge is -2.13. The van der Waals surface area contributed by atoms with Crippen molar-refractivity contribution in [3.63, 3.8) is 0 Å². The predicted octanol–water partition coefficient (Wildman–Crippen LogP) is 1.02. The fourth-order valence-corrected chi connectivity index (χ4v) is 1.25. The van der Waals surface area contributed by atoms with E-state index in [4.69, 9.17) is 10.5 Å². The van der Waals surface area contributed by atoms with Crippen LogP contribution in [0.25, 0.3) is 0 Å². The molecule has 1 unspecified atom stereocenters. The molecule has 0 aliphatic heterocycles. The van der Waals surface area contributed by atoms with E-state index < -0.39 is 4.92 Å². The van der Waals surface area contributed by atoms with Crippen LogP contribution < -0.4 is 11.1 Å². The molecule has 3 N–H and O–H groups in total. The summed E-state index contributed by atoms with van der Waals surface area (Å²) >= 11 is 0. The van der Waals surface area contributed by atoms with Gasteiger partial charge in [-0.15, -0.1) is 0 Å². The number of nitrogen functional groups attached to an aromatic ring is 1. The minimum absolute atomic E-state index is 0.0852. The van der Waals surface area contributed by atoms with Crippen molar-refractivity contribution < 1.29 is 9.66 Å². The highest BCUT2D eigenvalue weighted by Gasteiger charge is 2.16. The zero-order valence-corrected chi connectivity index (χ0v) is 9.14. The van der Waals surface area contributed by atoms with Crippen molar-refractivity contribution >= 4 is 17.3 Å². The van der Waals surface area contributed by atoms with E-state index in [1.54, 1.807) is 7.11 Å². The second kappa shape index (κ2) is 5.26. The van der Waals surface area contributed by atoms with Crippen LogP contribution in [-0.4, -0.2) is 29.7 Å². The summed E-state index contributed by atoms with van der Waals surface area (Å²) < 4.78 is 4.92. The lowest BCUT2D eigenvalue weighted by Crippen LogP contribution is -2.22. The van der Waals surface area contributed by atoms with Gasteiger partial charge in [-0.25, -0.2) is 4.98 Å². The van der Waals surface area contributed by atoms with Crippen LogP contribution in [0.15, 0.2) is 12.1 Å². The highest BCUT2D eigenvalue weighted by molar-refractivity contribution is 5.59. The number of aromatic nitrogens is 1. The Hall–Kier alpha value is -1.89. The summed E-state index contributed by atoms with van der Waals surface area (Å²) in [5, 5.41) is 13.6. The molecule has 16 heavy (non-hydrogen) atoms. The third-order valence-corrected chi connectivity index (χ3v) is 1.89. The lowest BCUT2D eigenvalue weighted by molar-refractivity contribution is -0.384. The molecule has 0 bridgehead atoms. The molecule has 0 fully saturated rings. The van der Waals surface area contributed by atoms with Crippen LogP contribution in [0.5, 0.6) is 0 Å². The quantitative estimate of drug-likeness (QED) is 0.573. The first-order valence-corrected chi connectivity index (χ1v) is 4.71. The monoisotopic (exact) mass is 226 g/mol. The maximum atomic E-state index is 10.7. The van der Waals surface area contributed by atoms with E-state index >= 15 is 0 Å². The molecular weight excluding hydrogens is 212 g/mol. The van der Waals surface area contributed by atoms with Gasteiger partial charge in [-0.1, -0.05) is 0 Å². The number of anilines is 2. The smallest absolute Gasteiger partial charge is 0.311 e. The van der Waals surface area contributed by atoms with Crippen LogP contribution in [0.2, 0.25) is 0 Å². The van der Waals surface area contributed by atoms with Crippen molar-refractivity contribution in [3.05, 3.63) is 22.2 Å². The Kier molecular flexibility index (Phi) is 4.01. The number of pyridine rings is 1. The minimum atomic E-state index is -0.506. The number of nitrogens with two attached hydrogens (primary N) is 1. The van der Waals surface area contributed by atoms with E-state index in [9.17, 15) is 10.1 Å². The number of ether oxygens (including phenoxy) is 1. The zero-order chi connectivity index (χ0) is 12.1. The van der Waals surface area contributed by atoms with Crippen molar-refractivity contribution in [2.75, 3.05) is 24.8 Å². The highest BCUT2D eigenvalue weighted by atomic mass is 16.6. The van der Waals surface area contributed by atoms with Crippen LogP contribution >= 0.6 is 0 Å². The van der Waals surface area contributed by atoms with Crippen molar-refractivity contribution in [2.45, 2.75) is 13.0 Å². The summed E-state index contributed by atoms with van der Waals surface area (Å²) in [6, 6.07) is 2.63. The number of methoxy groups -OCH3 is 1. The molecular formula is C9H14N4O3. The second-order valence-electron chi connectivity index (χ2n) is 3.36. The number of hydrogen-bond acceptors (Lipinski definition) is 6. The van der Waals surface area contributed by atoms with Gasteiger partial charge in [0.1, 0.15) is 5.82 Å². The summed E-state index contributed by atoms with van der Waals surface area (Å²) in [6.45, 7) is 2.26. The van der Waals surface area contributed by atoms with Crippen LogP contribution in [0.3, 0.4) is 0 Å². The number of nitro groups is 1. The Balaban J connectivity index is 2.92. The van der Waals surface area contributed by atoms with Gasteiger partial charge in [-0.3, -0.25) is 10.1 Å². The topological polar surface area (TPSA) is 103 Å². The van der Waals surface area contributed by atoms with Crippen molar-refractivity contribution in [1.29, 1.82) is 0 Å². The predicted molar refractivity (Wildman–Crippen MR) is 60.3 cm³/mol. The van der Waals surface area contributed by atoms with E-state index in [-0.39, 0.29) is 23.4 Å². The van der Waals surface area contributed by atoms with Gasteiger partial charge in [0.15, 0.2) is 0 Å². The Morgan fingerprint density at radius 1 is 1.69 bits per heavy atom. The largest absolute Gasteiger partial charge is 0.384 e. The molecule has 88 valence electrons. The van der Waals surface area contributed by atoms with Gasteiger partial charge in [0.05, 0.1) is 11.5 Å². The van der Waals surface area contributed by atoms with Crippen molar-refractivity contribution in [3.8, 4) is 0 Å². The third kappa shape index (κ3) is 3.06. The van der Waals surface area contributed by atoms with Gasteiger partial charge in [0.2, 0.25) is 5.82 Å². The maximum absolute atomic E-state index is 10.7. The Morgan fingerprint density at radius 3 is 2.94 bits per heavy atom. The molecule has 1 aromatic heterocycles.